The fraction of sp³-hybridized carbons (Fsp3) is 0.317. The van der Waals surface area contributed by atoms with Crippen molar-refractivity contribution in [1.29, 1.82) is 0 Å². The van der Waals surface area contributed by atoms with Crippen LogP contribution in [-0.4, -0.2) is 0 Å². The quantitative estimate of drug-likeness (QED) is 0.330. The lowest BCUT2D eigenvalue weighted by molar-refractivity contribution is 0.618. The van der Waals surface area contributed by atoms with Gasteiger partial charge in [-0.15, -0.1) is 0 Å². The van der Waals surface area contributed by atoms with Gasteiger partial charge in [-0.1, -0.05) is 104 Å². The molecule has 0 bridgehead atoms. The Morgan fingerprint density at radius 2 is 1.76 bits per heavy atom. The summed E-state index contributed by atoms with van der Waals surface area (Å²) in [4.78, 5) is 0. The zero-order valence-electron chi connectivity index (χ0n) is 25.5. The summed E-state index contributed by atoms with van der Waals surface area (Å²) >= 11 is 0. The van der Waals surface area contributed by atoms with Crippen molar-refractivity contribution < 1.29 is 0 Å². The zero-order valence-corrected chi connectivity index (χ0v) is 25.5. The van der Waals surface area contributed by atoms with Crippen molar-refractivity contribution in [3.63, 3.8) is 0 Å². The van der Waals surface area contributed by atoms with Crippen LogP contribution < -0.4 is 0 Å². The Kier molecular flexibility index (Phi) is 7.37. The largest absolute Gasteiger partial charge is 0.0955 e. The van der Waals surface area contributed by atoms with Gasteiger partial charge in [-0.25, -0.2) is 0 Å². The lowest BCUT2D eigenvalue weighted by Gasteiger charge is -2.35. The maximum absolute atomic E-state index is 4.78. The van der Waals surface area contributed by atoms with Crippen LogP contribution in [0.1, 0.15) is 92.2 Å². The zero-order chi connectivity index (χ0) is 28.8. The van der Waals surface area contributed by atoms with Gasteiger partial charge in [-0.05, 0) is 132 Å². The number of allylic oxidation sites excluding steroid dienone is 13. The molecule has 0 N–H and O–H groups in total. The molecule has 1 saturated carbocycles. The number of fused-ring (bicyclic) bond motifs is 2. The number of hydrogen-bond acceptors (Lipinski definition) is 0. The van der Waals surface area contributed by atoms with Crippen molar-refractivity contribution in [1.82, 2.24) is 0 Å². The summed E-state index contributed by atoms with van der Waals surface area (Å²) < 4.78 is 0. The second-order valence-electron chi connectivity index (χ2n) is 12.8. The van der Waals surface area contributed by atoms with Gasteiger partial charge in [0.1, 0.15) is 0 Å². The molecule has 0 nitrogen and oxygen atoms in total. The Bertz CT molecular complexity index is 1640. The van der Waals surface area contributed by atoms with E-state index in [-0.39, 0.29) is 0 Å². The van der Waals surface area contributed by atoms with Crippen LogP contribution in [0.2, 0.25) is 0 Å². The smallest absolute Gasteiger partial charge is 0.0201 e. The molecule has 2 atom stereocenters. The van der Waals surface area contributed by atoms with Gasteiger partial charge >= 0.3 is 0 Å². The molecule has 41 heavy (non-hydrogen) atoms. The average Bonchev–Trinajstić information content (AvgIpc) is 3.67. The van der Waals surface area contributed by atoms with E-state index in [1.165, 1.54) is 86.1 Å². The second kappa shape index (κ2) is 11.0. The van der Waals surface area contributed by atoms with E-state index in [2.05, 4.69) is 102 Å². The highest BCUT2D eigenvalue weighted by atomic mass is 14.4. The van der Waals surface area contributed by atoms with Gasteiger partial charge in [0.2, 0.25) is 0 Å². The Morgan fingerprint density at radius 1 is 0.951 bits per heavy atom. The highest BCUT2D eigenvalue weighted by molar-refractivity contribution is 5.78. The first-order valence-electron chi connectivity index (χ1n) is 15.5. The van der Waals surface area contributed by atoms with Gasteiger partial charge in [0, 0.05) is 11.8 Å². The van der Waals surface area contributed by atoms with Crippen LogP contribution in [0.5, 0.6) is 0 Å². The SMILES string of the molecule is C=C(CCC)C1=C(C)C=C2C/C(=C\C3=CC=C(c4cc(C(=C)C)ccc4C)C3)C(=C)C2C1c1ccc2c(c1)CCC2. The minimum atomic E-state index is 0.303. The fourth-order valence-electron chi connectivity index (χ4n) is 7.70. The monoisotopic (exact) mass is 536 g/mol. The highest BCUT2D eigenvalue weighted by Crippen LogP contribution is 2.55. The number of rotatable bonds is 7. The molecule has 0 heterocycles. The van der Waals surface area contributed by atoms with Crippen molar-refractivity contribution >= 4 is 11.1 Å². The highest BCUT2D eigenvalue weighted by Gasteiger charge is 2.41. The van der Waals surface area contributed by atoms with Crippen LogP contribution in [0.3, 0.4) is 0 Å². The summed E-state index contributed by atoms with van der Waals surface area (Å²) in [7, 11) is 0. The summed E-state index contributed by atoms with van der Waals surface area (Å²) in [5, 5.41) is 0. The first-order valence-corrected chi connectivity index (χ1v) is 15.5. The van der Waals surface area contributed by atoms with E-state index in [9.17, 15) is 0 Å². The Morgan fingerprint density at radius 3 is 2.54 bits per heavy atom. The number of aryl methyl sites for hydroxylation is 3. The molecule has 2 unspecified atom stereocenters. The van der Waals surface area contributed by atoms with Crippen LogP contribution in [0, 0.1) is 12.8 Å². The molecule has 0 spiro atoms. The van der Waals surface area contributed by atoms with E-state index in [4.69, 9.17) is 6.58 Å². The van der Waals surface area contributed by atoms with Gasteiger partial charge in [-0.2, -0.15) is 0 Å². The van der Waals surface area contributed by atoms with Crippen LogP contribution in [0.15, 0.2) is 119 Å². The predicted molar refractivity (Wildman–Crippen MR) is 178 cm³/mol. The summed E-state index contributed by atoms with van der Waals surface area (Å²) in [5.41, 5.74) is 20.7. The normalized spacial score (nSPS) is 22.5. The van der Waals surface area contributed by atoms with Crippen LogP contribution in [0.25, 0.3) is 11.1 Å². The van der Waals surface area contributed by atoms with Crippen LogP contribution in [0.4, 0.5) is 0 Å². The lowest BCUT2D eigenvalue weighted by atomic mass is 9.69. The maximum Gasteiger partial charge on any atom is 0.0201 e. The molecular formula is C41H44. The molecule has 0 aromatic heterocycles. The molecule has 0 radical (unpaired) electrons. The Balaban J connectivity index is 1.31. The van der Waals surface area contributed by atoms with Gasteiger partial charge in [0.15, 0.2) is 0 Å². The number of hydrogen-bond donors (Lipinski definition) is 0. The third-order valence-corrected chi connectivity index (χ3v) is 9.80. The van der Waals surface area contributed by atoms with Crippen LogP contribution in [-0.2, 0) is 12.8 Å². The van der Waals surface area contributed by atoms with E-state index in [0.29, 0.717) is 11.8 Å². The minimum absolute atomic E-state index is 0.303. The summed E-state index contributed by atoms with van der Waals surface area (Å²) in [5.74, 6) is 0.620. The summed E-state index contributed by atoms with van der Waals surface area (Å²) in [6, 6.07) is 14.1. The van der Waals surface area contributed by atoms with Crippen LogP contribution >= 0.6 is 0 Å². The van der Waals surface area contributed by atoms with Crippen molar-refractivity contribution in [3.8, 4) is 0 Å². The average molecular weight is 537 g/mol. The molecule has 4 aliphatic rings. The molecular weight excluding hydrogens is 492 g/mol. The summed E-state index contributed by atoms with van der Waals surface area (Å²) in [6.07, 6.45) is 17.4. The third kappa shape index (κ3) is 5.03. The molecule has 0 amide bonds. The molecule has 2 aromatic carbocycles. The Hall–Kier alpha value is -3.64. The van der Waals surface area contributed by atoms with E-state index in [1.807, 2.05) is 0 Å². The second-order valence-corrected chi connectivity index (χ2v) is 12.8. The van der Waals surface area contributed by atoms with Gasteiger partial charge < -0.3 is 0 Å². The third-order valence-electron chi connectivity index (χ3n) is 9.80. The van der Waals surface area contributed by atoms with Crippen molar-refractivity contribution in [2.75, 3.05) is 0 Å². The first-order chi connectivity index (χ1) is 19.7. The fourth-order valence-corrected chi connectivity index (χ4v) is 7.70. The van der Waals surface area contributed by atoms with Crippen molar-refractivity contribution in [2.24, 2.45) is 5.92 Å². The molecule has 2 aromatic rings. The molecule has 6 rings (SSSR count). The molecule has 0 aliphatic heterocycles. The van der Waals surface area contributed by atoms with Crippen molar-refractivity contribution in [3.05, 3.63) is 153 Å². The molecule has 0 heteroatoms. The van der Waals surface area contributed by atoms with E-state index in [1.54, 1.807) is 11.1 Å². The molecule has 1 fully saturated rings. The standard InChI is InChI=1S/C41H44/c1-8-10-27(5)39-28(6)19-37-23-36(29(7)40(37)41(39)35-18-17-31-11-9-12-33(31)22-35)21-30-14-16-34(20-30)38-24-32(25(2)3)15-13-26(38)4/h13-19,21-22,24,40-41H,2,5,7-12,20,23H2,1,3-4,6H3/b36-21+. The molecule has 0 saturated heterocycles. The summed E-state index contributed by atoms with van der Waals surface area (Å²) in [6.45, 7) is 22.4. The van der Waals surface area contributed by atoms with Crippen molar-refractivity contribution in [2.45, 2.75) is 78.6 Å². The van der Waals surface area contributed by atoms with Gasteiger partial charge in [-0.3, -0.25) is 0 Å². The lowest BCUT2D eigenvalue weighted by Crippen LogP contribution is -2.21. The molecule has 4 aliphatic carbocycles. The Labute approximate surface area is 248 Å². The predicted octanol–water partition coefficient (Wildman–Crippen LogP) is 11.1. The van der Waals surface area contributed by atoms with E-state index < -0.39 is 0 Å². The topological polar surface area (TPSA) is 0 Å². The van der Waals surface area contributed by atoms with Gasteiger partial charge in [0.25, 0.3) is 0 Å². The van der Waals surface area contributed by atoms with E-state index >= 15 is 0 Å². The first kappa shape index (κ1) is 27.5. The van der Waals surface area contributed by atoms with Gasteiger partial charge in [0.05, 0.1) is 0 Å². The number of benzene rings is 2. The molecule has 208 valence electrons. The minimum Gasteiger partial charge on any atom is -0.0955 e. The maximum atomic E-state index is 4.78. The van der Waals surface area contributed by atoms with E-state index in [0.717, 1.165) is 31.3 Å².